The molecule has 1 heterocycles. The lowest BCUT2D eigenvalue weighted by atomic mass is 9.87. The molecule has 1 aromatic heterocycles. The lowest BCUT2D eigenvalue weighted by molar-refractivity contribution is 0.102. The maximum Gasteiger partial charge on any atom is 0.255 e. The van der Waals surface area contributed by atoms with Crippen molar-refractivity contribution in [2.45, 2.75) is 26.2 Å². The predicted molar refractivity (Wildman–Crippen MR) is 89.0 cm³/mol. The summed E-state index contributed by atoms with van der Waals surface area (Å²) in [6.45, 7) is 6.42. The quantitative estimate of drug-likeness (QED) is 0.890. The van der Waals surface area contributed by atoms with E-state index in [9.17, 15) is 4.79 Å². The van der Waals surface area contributed by atoms with Gasteiger partial charge in [-0.05, 0) is 35.2 Å². The summed E-state index contributed by atoms with van der Waals surface area (Å²) in [4.78, 5) is 16.0. The minimum absolute atomic E-state index is 0. The van der Waals surface area contributed by atoms with E-state index < -0.39 is 0 Å². The molecule has 1 aromatic carbocycles. The number of rotatable bonds is 2. The fourth-order valence-corrected chi connectivity index (χ4v) is 1.80. The van der Waals surface area contributed by atoms with Gasteiger partial charge in [0.15, 0.2) is 0 Å². The van der Waals surface area contributed by atoms with Crippen LogP contribution in [-0.2, 0) is 5.41 Å². The van der Waals surface area contributed by atoms with Crippen molar-refractivity contribution < 1.29 is 4.79 Å². The highest BCUT2D eigenvalue weighted by atomic mass is 35.5. The van der Waals surface area contributed by atoms with E-state index in [2.05, 4.69) is 31.1 Å². The average Bonchev–Trinajstić information content (AvgIpc) is 2.40. The van der Waals surface area contributed by atoms with Gasteiger partial charge in [-0.2, -0.15) is 0 Å². The van der Waals surface area contributed by atoms with Gasteiger partial charge in [-0.1, -0.05) is 32.9 Å². The second kappa shape index (κ2) is 6.59. The van der Waals surface area contributed by atoms with E-state index in [4.69, 9.17) is 5.73 Å². The Morgan fingerprint density at radius 1 is 1.10 bits per heavy atom. The number of nitrogens with zero attached hydrogens (tertiary/aromatic N) is 1. The molecule has 4 nitrogen and oxygen atoms in total. The van der Waals surface area contributed by atoms with Gasteiger partial charge in [0, 0.05) is 5.56 Å². The van der Waals surface area contributed by atoms with Crippen molar-refractivity contribution in [3.05, 3.63) is 53.7 Å². The zero-order valence-electron chi connectivity index (χ0n) is 12.4. The van der Waals surface area contributed by atoms with Gasteiger partial charge >= 0.3 is 0 Å². The third kappa shape index (κ3) is 4.46. The highest BCUT2D eigenvalue weighted by molar-refractivity contribution is 6.04. The predicted octanol–water partition coefficient (Wildman–Crippen LogP) is 3.64. The number of halogens is 1. The van der Waals surface area contributed by atoms with Gasteiger partial charge in [-0.25, -0.2) is 4.98 Å². The molecule has 3 N–H and O–H groups in total. The summed E-state index contributed by atoms with van der Waals surface area (Å²) in [6, 6.07) is 11.0. The van der Waals surface area contributed by atoms with E-state index in [1.807, 2.05) is 24.3 Å². The second-order valence-electron chi connectivity index (χ2n) is 5.75. The number of carbonyl (C=O) groups is 1. The van der Waals surface area contributed by atoms with Gasteiger partial charge in [-0.3, -0.25) is 4.79 Å². The molecule has 0 fully saturated rings. The first-order valence-electron chi connectivity index (χ1n) is 6.50. The molecule has 0 atom stereocenters. The van der Waals surface area contributed by atoms with E-state index >= 15 is 0 Å². The third-order valence-corrected chi connectivity index (χ3v) is 3.06. The van der Waals surface area contributed by atoms with Crippen LogP contribution in [0.5, 0.6) is 0 Å². The molecular formula is C16H20ClN3O. The van der Waals surface area contributed by atoms with Crippen LogP contribution in [0.2, 0.25) is 0 Å². The largest absolute Gasteiger partial charge is 0.384 e. The molecule has 2 aromatic rings. The van der Waals surface area contributed by atoms with Gasteiger partial charge in [0.2, 0.25) is 0 Å². The number of nitrogens with one attached hydrogen (secondary N) is 1. The van der Waals surface area contributed by atoms with Crippen LogP contribution in [0.15, 0.2) is 42.6 Å². The summed E-state index contributed by atoms with van der Waals surface area (Å²) < 4.78 is 0. The Hall–Kier alpha value is -2.07. The van der Waals surface area contributed by atoms with Crippen LogP contribution in [-0.4, -0.2) is 10.9 Å². The van der Waals surface area contributed by atoms with Crippen molar-refractivity contribution in [3.63, 3.8) is 0 Å². The Morgan fingerprint density at radius 2 is 1.71 bits per heavy atom. The van der Waals surface area contributed by atoms with Gasteiger partial charge < -0.3 is 11.1 Å². The minimum Gasteiger partial charge on any atom is -0.384 e. The topological polar surface area (TPSA) is 68.0 Å². The summed E-state index contributed by atoms with van der Waals surface area (Å²) >= 11 is 0. The van der Waals surface area contributed by atoms with Gasteiger partial charge in [0.05, 0.1) is 11.9 Å². The first kappa shape index (κ1) is 17.0. The van der Waals surface area contributed by atoms with Gasteiger partial charge in [0.25, 0.3) is 5.91 Å². The monoisotopic (exact) mass is 305 g/mol. The maximum atomic E-state index is 12.1. The number of pyridine rings is 1. The van der Waals surface area contributed by atoms with Gasteiger partial charge in [-0.15, -0.1) is 12.4 Å². The molecule has 0 bridgehead atoms. The normalized spacial score (nSPS) is 10.6. The molecule has 0 aliphatic carbocycles. The van der Waals surface area contributed by atoms with E-state index in [-0.39, 0.29) is 23.7 Å². The van der Waals surface area contributed by atoms with Crippen LogP contribution in [0.4, 0.5) is 11.5 Å². The number of hydrogen-bond acceptors (Lipinski definition) is 3. The summed E-state index contributed by atoms with van der Waals surface area (Å²) in [7, 11) is 0. The molecule has 0 spiro atoms. The molecule has 0 aliphatic rings. The molecule has 1 amide bonds. The van der Waals surface area contributed by atoms with Crippen LogP contribution in [0.3, 0.4) is 0 Å². The maximum absolute atomic E-state index is 12.1. The smallest absolute Gasteiger partial charge is 0.255 e. The Labute approximate surface area is 131 Å². The molecule has 0 radical (unpaired) electrons. The van der Waals surface area contributed by atoms with E-state index in [1.165, 1.54) is 11.8 Å². The number of hydrogen-bond donors (Lipinski definition) is 2. The number of benzene rings is 1. The van der Waals surface area contributed by atoms with Crippen LogP contribution in [0.25, 0.3) is 0 Å². The molecular weight excluding hydrogens is 286 g/mol. The van der Waals surface area contributed by atoms with Crippen LogP contribution < -0.4 is 11.1 Å². The molecule has 112 valence electrons. The lowest BCUT2D eigenvalue weighted by Gasteiger charge is -2.19. The molecule has 0 aliphatic heterocycles. The molecule has 21 heavy (non-hydrogen) atoms. The minimum atomic E-state index is -0.156. The fraction of sp³-hybridized carbons (Fsp3) is 0.250. The number of amides is 1. The van der Waals surface area contributed by atoms with E-state index in [1.54, 1.807) is 12.1 Å². The standard InChI is InChI=1S/C16H19N3O.ClH/c1-16(2,3)12-6-4-11(5-7-12)15(20)19-13-8-9-14(17)18-10-13;/h4-10H,1-3H3,(H2,17,18)(H,19,20);1H. The molecule has 5 heteroatoms. The number of aromatic nitrogens is 1. The first-order chi connectivity index (χ1) is 9.36. The lowest BCUT2D eigenvalue weighted by Crippen LogP contribution is -2.14. The summed E-state index contributed by atoms with van der Waals surface area (Å²) in [6.07, 6.45) is 1.54. The Balaban J connectivity index is 0.00000220. The number of anilines is 2. The average molecular weight is 306 g/mol. The van der Waals surface area contributed by atoms with Crippen molar-refractivity contribution >= 4 is 29.8 Å². The summed E-state index contributed by atoms with van der Waals surface area (Å²) in [5, 5.41) is 2.79. The second-order valence-corrected chi connectivity index (χ2v) is 5.75. The zero-order valence-corrected chi connectivity index (χ0v) is 13.2. The molecule has 2 rings (SSSR count). The molecule has 0 saturated carbocycles. The first-order valence-corrected chi connectivity index (χ1v) is 6.50. The number of nitrogen functional groups attached to an aromatic ring is 1. The Morgan fingerprint density at radius 3 is 2.19 bits per heavy atom. The highest BCUT2D eigenvalue weighted by Crippen LogP contribution is 2.22. The molecule has 0 unspecified atom stereocenters. The van der Waals surface area contributed by atoms with E-state index in [0.717, 1.165) is 0 Å². The zero-order chi connectivity index (χ0) is 14.8. The van der Waals surface area contributed by atoms with Crippen molar-refractivity contribution in [1.29, 1.82) is 0 Å². The third-order valence-electron chi connectivity index (χ3n) is 3.06. The number of nitrogens with two attached hydrogens (primary N) is 1. The molecule has 0 saturated heterocycles. The summed E-state index contributed by atoms with van der Waals surface area (Å²) in [5.74, 6) is 0.273. The highest BCUT2D eigenvalue weighted by Gasteiger charge is 2.14. The van der Waals surface area contributed by atoms with Crippen LogP contribution in [0.1, 0.15) is 36.7 Å². The van der Waals surface area contributed by atoms with Crippen molar-refractivity contribution in [1.82, 2.24) is 4.98 Å². The SMILES string of the molecule is CC(C)(C)c1ccc(C(=O)Nc2ccc(N)nc2)cc1.Cl. The Kier molecular flexibility index (Phi) is 5.33. The Bertz CT molecular complexity index is 601. The van der Waals surface area contributed by atoms with Crippen LogP contribution >= 0.6 is 12.4 Å². The van der Waals surface area contributed by atoms with Gasteiger partial charge in [0.1, 0.15) is 5.82 Å². The fourth-order valence-electron chi connectivity index (χ4n) is 1.80. The van der Waals surface area contributed by atoms with Crippen molar-refractivity contribution in [2.24, 2.45) is 0 Å². The summed E-state index contributed by atoms with van der Waals surface area (Å²) in [5.41, 5.74) is 8.03. The van der Waals surface area contributed by atoms with Crippen molar-refractivity contribution in [2.75, 3.05) is 11.1 Å². The van der Waals surface area contributed by atoms with Crippen molar-refractivity contribution in [3.8, 4) is 0 Å². The van der Waals surface area contributed by atoms with Crippen LogP contribution in [0, 0.1) is 0 Å². The van der Waals surface area contributed by atoms with E-state index in [0.29, 0.717) is 17.1 Å². The number of carbonyl (C=O) groups excluding carboxylic acids is 1.